The van der Waals surface area contributed by atoms with Crippen LogP contribution in [0.25, 0.3) is 0 Å². The second-order valence-electron chi connectivity index (χ2n) is 5.47. The van der Waals surface area contributed by atoms with Crippen LogP contribution in [-0.2, 0) is 9.59 Å². The number of carbonyl (C=O) groups excluding carboxylic acids is 2. The van der Waals surface area contributed by atoms with Gasteiger partial charge in [0, 0.05) is 18.8 Å². The molecular formula is C19H22N2O5. The number of likely N-dealkylation sites (N-methyl/N-ethyl adjacent to an activating group) is 1. The molecular weight excluding hydrogens is 336 g/mol. The van der Waals surface area contributed by atoms with E-state index in [1.807, 2.05) is 6.07 Å². The first-order valence-electron chi connectivity index (χ1n) is 7.97. The van der Waals surface area contributed by atoms with Crippen molar-refractivity contribution in [3.8, 4) is 17.2 Å². The Hall–Kier alpha value is -3.22. The first kappa shape index (κ1) is 19.1. The van der Waals surface area contributed by atoms with E-state index in [9.17, 15) is 9.59 Å². The van der Waals surface area contributed by atoms with E-state index in [0.717, 1.165) is 0 Å². The van der Waals surface area contributed by atoms with Crippen LogP contribution in [0.15, 0.2) is 48.5 Å². The Balaban J connectivity index is 1.85. The van der Waals surface area contributed by atoms with Crippen molar-refractivity contribution in [2.75, 3.05) is 39.7 Å². The third-order valence-corrected chi connectivity index (χ3v) is 3.58. The zero-order valence-electron chi connectivity index (χ0n) is 15.0. The highest BCUT2D eigenvalue weighted by Crippen LogP contribution is 2.25. The number of ether oxygens (including phenoxy) is 3. The lowest BCUT2D eigenvalue weighted by Gasteiger charge is -2.18. The molecule has 0 heterocycles. The van der Waals surface area contributed by atoms with Crippen molar-refractivity contribution in [3.05, 3.63) is 48.5 Å². The number of para-hydroxylation sites is 2. The van der Waals surface area contributed by atoms with Crippen LogP contribution in [-0.4, -0.2) is 51.1 Å². The maximum absolute atomic E-state index is 12.2. The standard InChI is InChI=1S/C19H22N2O5/c1-21(12-18(22)20-14-7-6-8-15(11-14)24-2)19(23)13-26-17-10-5-4-9-16(17)25-3/h4-11H,12-13H2,1-3H3,(H,20,22). The predicted octanol–water partition coefficient (Wildman–Crippen LogP) is 2.18. The summed E-state index contributed by atoms with van der Waals surface area (Å²) >= 11 is 0. The van der Waals surface area contributed by atoms with Gasteiger partial charge in [0.1, 0.15) is 5.75 Å². The van der Waals surface area contributed by atoms with Crippen molar-refractivity contribution in [3.63, 3.8) is 0 Å². The molecule has 7 heteroatoms. The molecule has 0 atom stereocenters. The van der Waals surface area contributed by atoms with Gasteiger partial charge in [-0.25, -0.2) is 0 Å². The van der Waals surface area contributed by atoms with Gasteiger partial charge in [0.15, 0.2) is 18.1 Å². The summed E-state index contributed by atoms with van der Waals surface area (Å²) in [6, 6.07) is 14.0. The monoisotopic (exact) mass is 358 g/mol. The number of nitrogens with one attached hydrogen (secondary N) is 1. The maximum Gasteiger partial charge on any atom is 0.260 e. The molecule has 138 valence electrons. The van der Waals surface area contributed by atoms with E-state index >= 15 is 0 Å². The van der Waals surface area contributed by atoms with E-state index in [4.69, 9.17) is 14.2 Å². The zero-order chi connectivity index (χ0) is 18.9. The Morgan fingerprint density at radius 3 is 2.42 bits per heavy atom. The molecule has 0 saturated heterocycles. The maximum atomic E-state index is 12.2. The summed E-state index contributed by atoms with van der Waals surface area (Å²) in [5.74, 6) is 1.01. The van der Waals surface area contributed by atoms with Gasteiger partial charge in [0.25, 0.3) is 5.91 Å². The molecule has 0 radical (unpaired) electrons. The van der Waals surface area contributed by atoms with E-state index in [1.165, 1.54) is 12.0 Å². The summed E-state index contributed by atoms with van der Waals surface area (Å²) in [5, 5.41) is 2.72. The topological polar surface area (TPSA) is 77.1 Å². The summed E-state index contributed by atoms with van der Waals surface area (Å²) < 4.78 is 15.7. The van der Waals surface area contributed by atoms with Crippen LogP contribution in [0.3, 0.4) is 0 Å². The zero-order valence-corrected chi connectivity index (χ0v) is 15.0. The van der Waals surface area contributed by atoms with Crippen LogP contribution >= 0.6 is 0 Å². The highest BCUT2D eigenvalue weighted by molar-refractivity contribution is 5.94. The van der Waals surface area contributed by atoms with Crippen LogP contribution in [0.5, 0.6) is 17.2 Å². The minimum atomic E-state index is -0.323. The average molecular weight is 358 g/mol. The summed E-state index contributed by atoms with van der Waals surface area (Å²) in [7, 11) is 4.62. The molecule has 2 amide bonds. The third-order valence-electron chi connectivity index (χ3n) is 3.58. The number of nitrogens with zero attached hydrogens (tertiary/aromatic N) is 1. The summed E-state index contributed by atoms with van der Waals surface area (Å²) in [5.41, 5.74) is 0.598. The molecule has 2 aromatic rings. The number of anilines is 1. The lowest BCUT2D eigenvalue weighted by molar-refractivity contribution is -0.135. The van der Waals surface area contributed by atoms with Gasteiger partial charge in [-0.1, -0.05) is 18.2 Å². The average Bonchev–Trinajstić information content (AvgIpc) is 2.66. The molecule has 0 aliphatic heterocycles. The number of hydrogen-bond acceptors (Lipinski definition) is 5. The van der Waals surface area contributed by atoms with Crippen molar-refractivity contribution in [1.82, 2.24) is 4.90 Å². The molecule has 0 unspecified atom stereocenters. The quantitative estimate of drug-likeness (QED) is 0.783. The number of hydrogen-bond donors (Lipinski definition) is 1. The van der Waals surface area contributed by atoms with Gasteiger partial charge in [-0.15, -0.1) is 0 Å². The summed E-state index contributed by atoms with van der Waals surface area (Å²) in [6.07, 6.45) is 0. The van der Waals surface area contributed by atoms with E-state index in [1.54, 1.807) is 56.6 Å². The van der Waals surface area contributed by atoms with E-state index in [-0.39, 0.29) is 25.0 Å². The highest BCUT2D eigenvalue weighted by Gasteiger charge is 2.15. The molecule has 0 aliphatic rings. The fourth-order valence-corrected chi connectivity index (χ4v) is 2.19. The summed E-state index contributed by atoms with van der Waals surface area (Å²) in [4.78, 5) is 25.6. The van der Waals surface area contributed by atoms with Gasteiger partial charge in [-0.2, -0.15) is 0 Å². The predicted molar refractivity (Wildman–Crippen MR) is 97.7 cm³/mol. The van der Waals surface area contributed by atoms with Gasteiger partial charge in [0.2, 0.25) is 5.91 Å². The minimum Gasteiger partial charge on any atom is -0.497 e. The Morgan fingerprint density at radius 2 is 1.73 bits per heavy atom. The number of methoxy groups -OCH3 is 2. The fraction of sp³-hybridized carbons (Fsp3) is 0.263. The minimum absolute atomic E-state index is 0.0919. The second-order valence-corrected chi connectivity index (χ2v) is 5.47. The third kappa shape index (κ3) is 5.41. The molecule has 0 spiro atoms. The smallest absolute Gasteiger partial charge is 0.260 e. The molecule has 0 saturated carbocycles. The van der Waals surface area contributed by atoms with E-state index in [0.29, 0.717) is 22.9 Å². The number of benzene rings is 2. The molecule has 0 aromatic heterocycles. The number of amides is 2. The van der Waals surface area contributed by atoms with Crippen LogP contribution in [0.2, 0.25) is 0 Å². The molecule has 2 rings (SSSR count). The lowest BCUT2D eigenvalue weighted by atomic mass is 10.3. The first-order chi connectivity index (χ1) is 12.5. The number of rotatable bonds is 8. The SMILES string of the molecule is COc1cccc(NC(=O)CN(C)C(=O)COc2ccccc2OC)c1. The molecule has 1 N–H and O–H groups in total. The number of carbonyl (C=O) groups is 2. The van der Waals surface area contributed by atoms with Gasteiger partial charge in [0.05, 0.1) is 20.8 Å². The Morgan fingerprint density at radius 1 is 1.00 bits per heavy atom. The highest BCUT2D eigenvalue weighted by atomic mass is 16.5. The second kappa shape index (κ2) is 9.31. The molecule has 2 aromatic carbocycles. The largest absolute Gasteiger partial charge is 0.497 e. The van der Waals surface area contributed by atoms with Gasteiger partial charge in [-0.05, 0) is 24.3 Å². The van der Waals surface area contributed by atoms with E-state index in [2.05, 4.69) is 5.32 Å². The Kier molecular flexibility index (Phi) is 6.84. The van der Waals surface area contributed by atoms with Crippen LogP contribution in [0.4, 0.5) is 5.69 Å². The van der Waals surface area contributed by atoms with Gasteiger partial charge < -0.3 is 24.4 Å². The van der Waals surface area contributed by atoms with Gasteiger partial charge >= 0.3 is 0 Å². The van der Waals surface area contributed by atoms with Crippen molar-refractivity contribution >= 4 is 17.5 Å². The molecule has 0 fully saturated rings. The Bertz CT molecular complexity index is 763. The Labute approximate surface area is 152 Å². The molecule has 7 nitrogen and oxygen atoms in total. The van der Waals surface area contributed by atoms with Crippen molar-refractivity contribution in [2.24, 2.45) is 0 Å². The van der Waals surface area contributed by atoms with Crippen LogP contribution < -0.4 is 19.5 Å². The van der Waals surface area contributed by atoms with Gasteiger partial charge in [-0.3, -0.25) is 9.59 Å². The van der Waals surface area contributed by atoms with E-state index < -0.39 is 0 Å². The first-order valence-corrected chi connectivity index (χ1v) is 7.97. The van der Waals surface area contributed by atoms with Crippen molar-refractivity contribution in [1.29, 1.82) is 0 Å². The molecule has 0 aliphatic carbocycles. The normalized spacial score (nSPS) is 9.96. The lowest BCUT2D eigenvalue weighted by Crippen LogP contribution is -2.37. The molecule has 0 bridgehead atoms. The van der Waals surface area contributed by atoms with Crippen LogP contribution in [0.1, 0.15) is 0 Å². The van der Waals surface area contributed by atoms with Crippen molar-refractivity contribution < 1.29 is 23.8 Å². The van der Waals surface area contributed by atoms with Crippen LogP contribution in [0, 0.1) is 0 Å². The van der Waals surface area contributed by atoms with Crippen molar-refractivity contribution in [2.45, 2.75) is 0 Å². The fourth-order valence-electron chi connectivity index (χ4n) is 2.19. The summed E-state index contributed by atoms with van der Waals surface area (Å²) in [6.45, 7) is -0.283. The molecule has 26 heavy (non-hydrogen) atoms.